The van der Waals surface area contributed by atoms with Crippen molar-refractivity contribution >= 4 is 0 Å². The first kappa shape index (κ1) is 5.75. The summed E-state index contributed by atoms with van der Waals surface area (Å²) in [5.41, 5.74) is 0. The summed E-state index contributed by atoms with van der Waals surface area (Å²) >= 11 is 0. The first-order valence-electron chi connectivity index (χ1n) is 2.44. The van der Waals surface area contributed by atoms with Gasteiger partial charge in [0.2, 0.25) is 0 Å². The van der Waals surface area contributed by atoms with Crippen molar-refractivity contribution in [1.29, 1.82) is 0 Å². The Morgan fingerprint density at radius 2 is 1.25 bits per heavy atom. The van der Waals surface area contributed by atoms with E-state index in [9.17, 15) is 0 Å². The van der Waals surface area contributed by atoms with Gasteiger partial charge in [0, 0.05) is 0 Å². The van der Waals surface area contributed by atoms with E-state index in [1.165, 1.54) is 12.2 Å². The molecule has 0 aliphatic heterocycles. The molecule has 0 bridgehead atoms. The highest BCUT2D eigenvalue weighted by Gasteiger charge is 2.25. The molecule has 3 heteroatoms. The van der Waals surface area contributed by atoms with Crippen molar-refractivity contribution < 1.29 is 15.3 Å². The molecule has 1 unspecified atom stereocenters. The third-order valence-corrected chi connectivity index (χ3v) is 1.21. The zero-order valence-corrected chi connectivity index (χ0v) is 4.23. The Bertz CT molecular complexity index is 98.2. The molecule has 0 saturated carbocycles. The predicted octanol–water partition coefficient (Wildman–Crippen LogP) is -1.36. The van der Waals surface area contributed by atoms with E-state index < -0.39 is 18.3 Å². The topological polar surface area (TPSA) is 60.7 Å². The van der Waals surface area contributed by atoms with Crippen LogP contribution in [0.3, 0.4) is 0 Å². The second-order valence-electron chi connectivity index (χ2n) is 1.86. The summed E-state index contributed by atoms with van der Waals surface area (Å²) in [5, 5.41) is 26.0. The average Bonchev–Trinajstić information content (AvgIpc) is 1.98. The third-order valence-electron chi connectivity index (χ3n) is 1.21. The van der Waals surface area contributed by atoms with Gasteiger partial charge >= 0.3 is 0 Å². The maximum Gasteiger partial charge on any atom is 0.113 e. The highest BCUT2D eigenvalue weighted by molar-refractivity contribution is 5.08. The lowest BCUT2D eigenvalue weighted by Gasteiger charge is -2.09. The van der Waals surface area contributed by atoms with E-state index in [1.807, 2.05) is 0 Å². The highest BCUT2D eigenvalue weighted by atomic mass is 16.4. The molecule has 0 amide bonds. The fraction of sp³-hybridized carbons (Fsp3) is 0.600. The van der Waals surface area contributed by atoms with Gasteiger partial charge in [0.25, 0.3) is 0 Å². The lowest BCUT2D eigenvalue weighted by atomic mass is 10.2. The molecular formula is C5H8O3. The normalized spacial score (nSPS) is 45.6. The molecule has 1 rings (SSSR count). The first-order valence-corrected chi connectivity index (χ1v) is 2.44. The second kappa shape index (κ2) is 1.85. The Morgan fingerprint density at radius 1 is 0.875 bits per heavy atom. The minimum Gasteiger partial charge on any atom is -0.387 e. The Hall–Kier alpha value is -0.380. The molecule has 0 heterocycles. The van der Waals surface area contributed by atoms with Crippen molar-refractivity contribution in [3.8, 4) is 0 Å². The Morgan fingerprint density at radius 3 is 1.38 bits per heavy atom. The van der Waals surface area contributed by atoms with Crippen LogP contribution in [0.25, 0.3) is 0 Å². The van der Waals surface area contributed by atoms with Gasteiger partial charge < -0.3 is 15.3 Å². The molecule has 8 heavy (non-hydrogen) atoms. The van der Waals surface area contributed by atoms with Crippen LogP contribution in [0.15, 0.2) is 12.2 Å². The standard InChI is InChI=1S/C5H8O3/c6-3-1-2-4(7)5(3)8/h1-8H/t3-,4+,5?. The van der Waals surface area contributed by atoms with Gasteiger partial charge in [-0.3, -0.25) is 0 Å². The maximum absolute atomic E-state index is 8.70. The Balaban J connectivity index is 2.55. The largest absolute Gasteiger partial charge is 0.387 e. The molecule has 1 aliphatic carbocycles. The Labute approximate surface area is 46.9 Å². The van der Waals surface area contributed by atoms with Gasteiger partial charge in [0.05, 0.1) is 0 Å². The van der Waals surface area contributed by atoms with Crippen LogP contribution < -0.4 is 0 Å². The average molecular weight is 116 g/mol. The van der Waals surface area contributed by atoms with Crippen LogP contribution in [0.5, 0.6) is 0 Å². The van der Waals surface area contributed by atoms with Crippen molar-refractivity contribution in [2.75, 3.05) is 0 Å². The van der Waals surface area contributed by atoms with Crippen molar-refractivity contribution in [1.82, 2.24) is 0 Å². The van der Waals surface area contributed by atoms with Crippen molar-refractivity contribution in [3.05, 3.63) is 12.2 Å². The number of rotatable bonds is 0. The molecule has 0 aromatic rings. The molecule has 46 valence electrons. The molecule has 0 radical (unpaired) electrons. The van der Waals surface area contributed by atoms with Gasteiger partial charge in [0.1, 0.15) is 18.3 Å². The molecule has 0 saturated heterocycles. The summed E-state index contributed by atoms with van der Waals surface area (Å²) in [4.78, 5) is 0. The van der Waals surface area contributed by atoms with Gasteiger partial charge in [-0.05, 0) is 0 Å². The van der Waals surface area contributed by atoms with Crippen LogP contribution in [0.1, 0.15) is 0 Å². The predicted molar refractivity (Wildman–Crippen MR) is 27.2 cm³/mol. The fourth-order valence-corrected chi connectivity index (χ4v) is 0.657. The molecule has 1 aliphatic rings. The summed E-state index contributed by atoms with van der Waals surface area (Å²) in [6.45, 7) is 0. The molecular weight excluding hydrogens is 108 g/mol. The van der Waals surface area contributed by atoms with Crippen molar-refractivity contribution in [3.63, 3.8) is 0 Å². The molecule has 3 atom stereocenters. The number of hydrogen-bond acceptors (Lipinski definition) is 3. The monoisotopic (exact) mass is 116 g/mol. The van der Waals surface area contributed by atoms with Crippen LogP contribution in [0, 0.1) is 0 Å². The van der Waals surface area contributed by atoms with Crippen LogP contribution in [-0.4, -0.2) is 33.6 Å². The Kier molecular flexibility index (Phi) is 1.33. The van der Waals surface area contributed by atoms with Crippen molar-refractivity contribution in [2.45, 2.75) is 18.3 Å². The number of aliphatic hydroxyl groups excluding tert-OH is 3. The van der Waals surface area contributed by atoms with Crippen LogP contribution in [-0.2, 0) is 0 Å². The van der Waals surface area contributed by atoms with E-state index in [2.05, 4.69) is 0 Å². The number of aliphatic hydroxyl groups is 3. The molecule has 0 spiro atoms. The fourth-order valence-electron chi connectivity index (χ4n) is 0.657. The quantitative estimate of drug-likeness (QED) is 0.342. The molecule has 0 fully saturated rings. The van der Waals surface area contributed by atoms with E-state index in [1.54, 1.807) is 0 Å². The third kappa shape index (κ3) is 0.753. The maximum atomic E-state index is 8.70. The van der Waals surface area contributed by atoms with Crippen LogP contribution in [0.2, 0.25) is 0 Å². The van der Waals surface area contributed by atoms with E-state index >= 15 is 0 Å². The van der Waals surface area contributed by atoms with Gasteiger partial charge in [0.15, 0.2) is 0 Å². The SMILES string of the molecule is OC1[C@H](O)C=C[C@@H]1O. The van der Waals surface area contributed by atoms with Gasteiger partial charge in [-0.2, -0.15) is 0 Å². The minimum absolute atomic E-state index is 0.884. The molecule has 0 aromatic carbocycles. The van der Waals surface area contributed by atoms with E-state index in [4.69, 9.17) is 15.3 Å². The van der Waals surface area contributed by atoms with E-state index in [0.29, 0.717) is 0 Å². The summed E-state index contributed by atoms with van der Waals surface area (Å²) in [5.74, 6) is 0. The number of hydrogen-bond donors (Lipinski definition) is 3. The van der Waals surface area contributed by atoms with Gasteiger partial charge in [-0.15, -0.1) is 0 Å². The lowest BCUT2D eigenvalue weighted by Crippen LogP contribution is -2.29. The summed E-state index contributed by atoms with van der Waals surface area (Å²) in [7, 11) is 0. The summed E-state index contributed by atoms with van der Waals surface area (Å²) in [6.07, 6.45) is -0.0463. The molecule has 3 nitrogen and oxygen atoms in total. The van der Waals surface area contributed by atoms with Crippen LogP contribution in [0.4, 0.5) is 0 Å². The zero-order chi connectivity index (χ0) is 6.15. The highest BCUT2D eigenvalue weighted by Crippen LogP contribution is 2.10. The van der Waals surface area contributed by atoms with Gasteiger partial charge in [-0.1, -0.05) is 12.2 Å². The molecule has 0 aromatic heterocycles. The molecule has 3 N–H and O–H groups in total. The van der Waals surface area contributed by atoms with Crippen molar-refractivity contribution in [2.24, 2.45) is 0 Å². The summed E-state index contributed by atoms with van der Waals surface area (Å²) in [6, 6.07) is 0. The second-order valence-corrected chi connectivity index (χ2v) is 1.86. The summed E-state index contributed by atoms with van der Waals surface area (Å²) < 4.78 is 0. The van der Waals surface area contributed by atoms with Crippen LogP contribution >= 0.6 is 0 Å². The van der Waals surface area contributed by atoms with E-state index in [0.717, 1.165) is 0 Å². The first-order chi connectivity index (χ1) is 3.72. The minimum atomic E-state index is -1.02. The lowest BCUT2D eigenvalue weighted by molar-refractivity contribution is -0.00758. The van der Waals surface area contributed by atoms with E-state index in [-0.39, 0.29) is 0 Å². The smallest absolute Gasteiger partial charge is 0.113 e. The van der Waals surface area contributed by atoms with Gasteiger partial charge in [-0.25, -0.2) is 0 Å². The zero-order valence-electron chi connectivity index (χ0n) is 4.23.